The Kier molecular flexibility index (Phi) is 5.54. The van der Waals surface area contributed by atoms with Gasteiger partial charge in [0.25, 0.3) is 0 Å². The molecule has 0 saturated heterocycles. The molecule has 0 spiro atoms. The molecule has 0 heterocycles. The van der Waals surface area contributed by atoms with E-state index in [2.05, 4.69) is 22.6 Å². The van der Waals surface area contributed by atoms with Gasteiger partial charge in [-0.15, -0.1) is 0 Å². The summed E-state index contributed by atoms with van der Waals surface area (Å²) in [5.74, 6) is -0.0884. The Morgan fingerprint density at radius 2 is 1.73 bits per heavy atom. The number of ether oxygens (including phenoxy) is 2. The molecule has 0 bridgehead atoms. The Morgan fingerprint density at radius 3 is 2.32 bits per heavy atom. The second kappa shape index (κ2) is 7.40. The van der Waals surface area contributed by atoms with Crippen LogP contribution < -0.4 is 4.74 Å². The summed E-state index contributed by atoms with van der Waals surface area (Å²) in [5.41, 5.74) is 0.907. The molecular formula is C17H15IO4. The van der Waals surface area contributed by atoms with Crippen LogP contribution in [0.1, 0.15) is 27.6 Å². The molecule has 0 aliphatic carbocycles. The number of ketones is 1. The van der Waals surface area contributed by atoms with Crippen molar-refractivity contribution in [2.24, 2.45) is 0 Å². The smallest absolute Gasteiger partial charge is 0.338 e. The SMILES string of the molecule is COc1ccc(C(=O)C(C)OC(=O)c2cccc(I)c2)cc1. The first kappa shape index (κ1) is 16.5. The Balaban J connectivity index is 2.05. The summed E-state index contributed by atoms with van der Waals surface area (Å²) in [6.07, 6.45) is -0.848. The van der Waals surface area contributed by atoms with E-state index >= 15 is 0 Å². The second-order valence-electron chi connectivity index (χ2n) is 4.65. The van der Waals surface area contributed by atoms with Crippen LogP contribution in [0.3, 0.4) is 0 Å². The van der Waals surface area contributed by atoms with Crippen LogP contribution in [-0.4, -0.2) is 25.0 Å². The molecule has 114 valence electrons. The van der Waals surface area contributed by atoms with Crippen LogP contribution in [0, 0.1) is 3.57 Å². The fraction of sp³-hybridized carbons (Fsp3) is 0.176. The Bertz CT molecular complexity index is 679. The number of methoxy groups -OCH3 is 1. The summed E-state index contributed by atoms with van der Waals surface area (Å²) in [6.45, 7) is 1.57. The molecule has 0 amide bonds. The normalized spacial score (nSPS) is 11.6. The highest BCUT2D eigenvalue weighted by atomic mass is 127. The fourth-order valence-corrected chi connectivity index (χ4v) is 2.43. The van der Waals surface area contributed by atoms with Gasteiger partial charge in [-0.1, -0.05) is 6.07 Å². The lowest BCUT2D eigenvalue weighted by Gasteiger charge is -2.12. The second-order valence-corrected chi connectivity index (χ2v) is 5.90. The van der Waals surface area contributed by atoms with E-state index in [0.717, 1.165) is 3.57 Å². The third-order valence-electron chi connectivity index (χ3n) is 3.09. The van der Waals surface area contributed by atoms with E-state index < -0.39 is 12.1 Å². The molecule has 0 aromatic heterocycles. The molecule has 2 rings (SSSR count). The van der Waals surface area contributed by atoms with Gasteiger partial charge in [-0.05, 0) is 72.0 Å². The first-order chi connectivity index (χ1) is 10.5. The molecule has 0 N–H and O–H groups in total. The van der Waals surface area contributed by atoms with Gasteiger partial charge in [0.15, 0.2) is 6.10 Å². The molecule has 0 radical (unpaired) electrons. The number of halogens is 1. The van der Waals surface area contributed by atoms with Gasteiger partial charge in [-0.2, -0.15) is 0 Å². The number of carbonyl (C=O) groups excluding carboxylic acids is 2. The maximum absolute atomic E-state index is 12.3. The zero-order chi connectivity index (χ0) is 16.1. The van der Waals surface area contributed by atoms with Crippen molar-refractivity contribution < 1.29 is 19.1 Å². The minimum Gasteiger partial charge on any atom is -0.497 e. The van der Waals surface area contributed by atoms with Crippen molar-refractivity contribution in [3.63, 3.8) is 0 Å². The Morgan fingerprint density at radius 1 is 1.05 bits per heavy atom. The maximum atomic E-state index is 12.3. The standard InChI is InChI=1S/C17H15IO4/c1-11(16(19)12-6-8-15(21-2)9-7-12)22-17(20)13-4-3-5-14(18)10-13/h3-11H,1-2H3. The molecule has 0 aliphatic rings. The van der Waals surface area contributed by atoms with E-state index in [9.17, 15) is 9.59 Å². The number of benzene rings is 2. The predicted molar refractivity (Wildman–Crippen MR) is 91.4 cm³/mol. The van der Waals surface area contributed by atoms with Gasteiger partial charge in [0.2, 0.25) is 5.78 Å². The number of hydrogen-bond donors (Lipinski definition) is 0. The quantitative estimate of drug-likeness (QED) is 0.428. The molecule has 1 atom stereocenters. The molecule has 5 heteroatoms. The zero-order valence-corrected chi connectivity index (χ0v) is 14.4. The Labute approximate surface area is 142 Å². The summed E-state index contributed by atoms with van der Waals surface area (Å²) < 4.78 is 11.2. The van der Waals surface area contributed by atoms with E-state index in [0.29, 0.717) is 16.9 Å². The lowest BCUT2D eigenvalue weighted by molar-refractivity contribution is 0.0318. The molecular weight excluding hydrogens is 395 g/mol. The highest BCUT2D eigenvalue weighted by Gasteiger charge is 2.20. The van der Waals surface area contributed by atoms with Crippen molar-refractivity contribution in [3.05, 3.63) is 63.2 Å². The minimum atomic E-state index is -0.848. The minimum absolute atomic E-state index is 0.248. The lowest BCUT2D eigenvalue weighted by Crippen LogP contribution is -2.24. The van der Waals surface area contributed by atoms with E-state index in [1.165, 1.54) is 0 Å². The van der Waals surface area contributed by atoms with Crippen LogP contribution in [0.2, 0.25) is 0 Å². The molecule has 0 saturated carbocycles. The number of Topliss-reactive ketones (excluding diaryl/α,β-unsaturated/α-hetero) is 1. The summed E-state index contributed by atoms with van der Waals surface area (Å²) in [6, 6.07) is 13.7. The molecule has 4 nitrogen and oxygen atoms in total. The van der Waals surface area contributed by atoms with Crippen LogP contribution >= 0.6 is 22.6 Å². The molecule has 1 unspecified atom stereocenters. The van der Waals surface area contributed by atoms with Crippen molar-refractivity contribution in [1.29, 1.82) is 0 Å². The van der Waals surface area contributed by atoms with Crippen molar-refractivity contribution in [2.75, 3.05) is 7.11 Å². The average molecular weight is 410 g/mol. The monoisotopic (exact) mass is 410 g/mol. The topological polar surface area (TPSA) is 52.6 Å². The zero-order valence-electron chi connectivity index (χ0n) is 12.2. The van der Waals surface area contributed by atoms with Crippen molar-refractivity contribution in [3.8, 4) is 5.75 Å². The van der Waals surface area contributed by atoms with Crippen molar-refractivity contribution in [2.45, 2.75) is 13.0 Å². The number of carbonyl (C=O) groups is 2. The van der Waals surface area contributed by atoms with Crippen LogP contribution in [0.5, 0.6) is 5.75 Å². The highest BCUT2D eigenvalue weighted by molar-refractivity contribution is 14.1. The lowest BCUT2D eigenvalue weighted by atomic mass is 10.1. The summed E-state index contributed by atoms with van der Waals surface area (Å²) >= 11 is 2.12. The Hall–Kier alpha value is -1.89. The first-order valence-electron chi connectivity index (χ1n) is 6.66. The highest BCUT2D eigenvalue weighted by Crippen LogP contribution is 2.15. The van der Waals surface area contributed by atoms with Gasteiger partial charge in [0.1, 0.15) is 5.75 Å². The van der Waals surface area contributed by atoms with E-state index in [1.54, 1.807) is 56.5 Å². The van der Waals surface area contributed by atoms with Gasteiger partial charge in [-0.25, -0.2) is 4.79 Å². The van der Waals surface area contributed by atoms with Gasteiger partial charge < -0.3 is 9.47 Å². The van der Waals surface area contributed by atoms with E-state index in [4.69, 9.17) is 9.47 Å². The van der Waals surface area contributed by atoms with E-state index in [-0.39, 0.29) is 5.78 Å². The number of rotatable bonds is 5. The molecule has 22 heavy (non-hydrogen) atoms. The largest absolute Gasteiger partial charge is 0.497 e. The molecule has 2 aromatic carbocycles. The van der Waals surface area contributed by atoms with E-state index in [1.807, 2.05) is 6.07 Å². The summed E-state index contributed by atoms with van der Waals surface area (Å²) in [7, 11) is 1.56. The summed E-state index contributed by atoms with van der Waals surface area (Å²) in [5, 5.41) is 0. The molecule has 0 fully saturated rings. The van der Waals surface area contributed by atoms with Gasteiger partial charge in [0, 0.05) is 9.13 Å². The van der Waals surface area contributed by atoms with Gasteiger partial charge in [-0.3, -0.25) is 4.79 Å². The predicted octanol–water partition coefficient (Wildman–Crippen LogP) is 3.73. The third-order valence-corrected chi connectivity index (χ3v) is 3.76. The number of esters is 1. The first-order valence-corrected chi connectivity index (χ1v) is 7.74. The van der Waals surface area contributed by atoms with Crippen molar-refractivity contribution >= 4 is 34.3 Å². The average Bonchev–Trinajstić information content (AvgIpc) is 2.54. The maximum Gasteiger partial charge on any atom is 0.338 e. The summed E-state index contributed by atoms with van der Waals surface area (Å²) in [4.78, 5) is 24.3. The van der Waals surface area contributed by atoms with Crippen molar-refractivity contribution in [1.82, 2.24) is 0 Å². The van der Waals surface area contributed by atoms with Crippen LogP contribution in [-0.2, 0) is 4.74 Å². The van der Waals surface area contributed by atoms with Crippen LogP contribution in [0.15, 0.2) is 48.5 Å². The molecule has 2 aromatic rings. The van der Waals surface area contributed by atoms with Gasteiger partial charge >= 0.3 is 5.97 Å². The number of hydrogen-bond acceptors (Lipinski definition) is 4. The third kappa shape index (κ3) is 4.07. The molecule has 0 aliphatic heterocycles. The van der Waals surface area contributed by atoms with Gasteiger partial charge in [0.05, 0.1) is 12.7 Å². The van der Waals surface area contributed by atoms with Crippen LogP contribution in [0.25, 0.3) is 0 Å². The van der Waals surface area contributed by atoms with Crippen LogP contribution in [0.4, 0.5) is 0 Å². The fourth-order valence-electron chi connectivity index (χ4n) is 1.89.